The Labute approximate surface area is 154 Å². The highest BCUT2D eigenvalue weighted by molar-refractivity contribution is 7.10. The molecule has 1 atom stereocenters. The van der Waals surface area contributed by atoms with Crippen LogP contribution in [0.1, 0.15) is 33.8 Å². The lowest BCUT2D eigenvalue weighted by atomic mass is 10.0. The van der Waals surface area contributed by atoms with E-state index in [0.717, 1.165) is 10.4 Å². The van der Waals surface area contributed by atoms with E-state index in [2.05, 4.69) is 15.6 Å². The monoisotopic (exact) mass is 367 g/mol. The number of rotatable bonds is 5. The van der Waals surface area contributed by atoms with Gasteiger partial charge < -0.3 is 15.7 Å². The van der Waals surface area contributed by atoms with Gasteiger partial charge >= 0.3 is 0 Å². The molecule has 0 spiro atoms. The third-order valence-electron chi connectivity index (χ3n) is 3.65. The Balaban J connectivity index is 1.93. The fraction of sp³-hybridized carbons (Fsp3) is 0.105. The molecular formula is C19H17N3O3S. The van der Waals surface area contributed by atoms with Crippen LogP contribution in [0.3, 0.4) is 0 Å². The molecular weight excluding hydrogens is 350 g/mol. The van der Waals surface area contributed by atoms with Crippen molar-refractivity contribution in [3.63, 3.8) is 0 Å². The number of phenolic OH excluding ortho intramolecular Hbond substituents is 1. The van der Waals surface area contributed by atoms with Gasteiger partial charge in [-0.05, 0) is 41.3 Å². The van der Waals surface area contributed by atoms with Crippen LogP contribution in [-0.4, -0.2) is 21.9 Å². The highest BCUT2D eigenvalue weighted by Gasteiger charge is 2.21. The SMILES string of the molecule is CC(=O)Nc1ncccc1C(=O)NC(c1cccc(O)c1)c1cccs1. The Bertz CT molecular complexity index is 925. The summed E-state index contributed by atoms with van der Waals surface area (Å²) in [6.07, 6.45) is 1.51. The summed E-state index contributed by atoms with van der Waals surface area (Å²) in [4.78, 5) is 29.2. The fourth-order valence-corrected chi connectivity index (χ4v) is 3.34. The van der Waals surface area contributed by atoms with Gasteiger partial charge in [0.2, 0.25) is 5.91 Å². The van der Waals surface area contributed by atoms with Crippen LogP contribution in [-0.2, 0) is 4.79 Å². The van der Waals surface area contributed by atoms with Gasteiger partial charge in [-0.3, -0.25) is 9.59 Å². The van der Waals surface area contributed by atoms with Crippen LogP contribution in [0.15, 0.2) is 60.1 Å². The number of carbonyl (C=O) groups excluding carboxylic acids is 2. The zero-order valence-corrected chi connectivity index (χ0v) is 14.8. The van der Waals surface area contributed by atoms with E-state index in [-0.39, 0.29) is 28.9 Å². The number of pyridine rings is 1. The quantitative estimate of drug-likeness (QED) is 0.645. The van der Waals surface area contributed by atoms with E-state index in [9.17, 15) is 14.7 Å². The molecule has 0 radical (unpaired) electrons. The average Bonchev–Trinajstić information content (AvgIpc) is 3.13. The molecule has 1 aromatic carbocycles. The lowest BCUT2D eigenvalue weighted by Gasteiger charge is -2.19. The van der Waals surface area contributed by atoms with Gasteiger partial charge in [-0.15, -0.1) is 11.3 Å². The molecule has 2 heterocycles. The highest BCUT2D eigenvalue weighted by atomic mass is 32.1. The summed E-state index contributed by atoms with van der Waals surface area (Å²) >= 11 is 1.50. The standard InChI is InChI=1S/C19H17N3O3S/c1-12(23)21-18-15(7-3-9-20-18)19(25)22-17(16-8-4-10-26-16)13-5-2-6-14(24)11-13/h2-11,17,24H,1H3,(H,22,25)(H,20,21,23). The third kappa shape index (κ3) is 4.07. The summed E-state index contributed by atoms with van der Waals surface area (Å²) in [6, 6.07) is 13.4. The Hall–Kier alpha value is -3.19. The predicted octanol–water partition coefficient (Wildman–Crippen LogP) is 3.33. The second kappa shape index (κ2) is 7.79. The van der Waals surface area contributed by atoms with Crippen LogP contribution < -0.4 is 10.6 Å². The molecule has 0 aliphatic heterocycles. The first-order chi connectivity index (χ1) is 12.5. The van der Waals surface area contributed by atoms with Crippen LogP contribution in [0.4, 0.5) is 5.82 Å². The molecule has 2 amide bonds. The zero-order chi connectivity index (χ0) is 18.5. The van der Waals surface area contributed by atoms with Gasteiger partial charge in [0.25, 0.3) is 5.91 Å². The number of benzene rings is 1. The molecule has 132 valence electrons. The molecule has 0 saturated heterocycles. The molecule has 7 heteroatoms. The number of phenols is 1. The van der Waals surface area contributed by atoms with E-state index in [1.54, 1.807) is 30.3 Å². The molecule has 3 aromatic rings. The number of hydrogen-bond acceptors (Lipinski definition) is 5. The van der Waals surface area contributed by atoms with Crippen molar-refractivity contribution in [3.8, 4) is 5.75 Å². The third-order valence-corrected chi connectivity index (χ3v) is 4.59. The highest BCUT2D eigenvalue weighted by Crippen LogP contribution is 2.28. The molecule has 3 N–H and O–H groups in total. The minimum absolute atomic E-state index is 0.124. The molecule has 0 fully saturated rings. The topological polar surface area (TPSA) is 91.3 Å². The van der Waals surface area contributed by atoms with Crippen molar-refractivity contribution < 1.29 is 14.7 Å². The van der Waals surface area contributed by atoms with E-state index in [1.807, 2.05) is 23.6 Å². The summed E-state index contributed by atoms with van der Waals surface area (Å²) in [7, 11) is 0. The number of nitrogens with one attached hydrogen (secondary N) is 2. The van der Waals surface area contributed by atoms with E-state index >= 15 is 0 Å². The number of anilines is 1. The summed E-state index contributed by atoms with van der Waals surface area (Å²) < 4.78 is 0. The smallest absolute Gasteiger partial charge is 0.255 e. The molecule has 0 bridgehead atoms. The van der Waals surface area contributed by atoms with Crippen molar-refractivity contribution in [2.24, 2.45) is 0 Å². The average molecular weight is 367 g/mol. The number of nitrogens with zero attached hydrogens (tertiary/aromatic N) is 1. The lowest BCUT2D eigenvalue weighted by Crippen LogP contribution is -2.30. The van der Waals surface area contributed by atoms with Crippen LogP contribution >= 0.6 is 11.3 Å². The first-order valence-electron chi connectivity index (χ1n) is 7.90. The Kier molecular flexibility index (Phi) is 5.28. The number of carbonyl (C=O) groups is 2. The van der Waals surface area contributed by atoms with Crippen LogP contribution in [0.25, 0.3) is 0 Å². The van der Waals surface area contributed by atoms with Crippen molar-refractivity contribution in [3.05, 3.63) is 76.1 Å². The van der Waals surface area contributed by atoms with Crippen LogP contribution in [0.2, 0.25) is 0 Å². The fourth-order valence-electron chi connectivity index (χ4n) is 2.54. The van der Waals surface area contributed by atoms with Crippen molar-refractivity contribution in [1.82, 2.24) is 10.3 Å². The molecule has 0 saturated carbocycles. The second-order valence-electron chi connectivity index (χ2n) is 5.60. The maximum absolute atomic E-state index is 12.9. The number of aromatic hydroxyl groups is 1. The Morgan fingerprint density at radius 2 is 2.00 bits per heavy atom. The summed E-state index contributed by atoms with van der Waals surface area (Å²) in [5.74, 6) is -0.346. The predicted molar refractivity (Wildman–Crippen MR) is 100 cm³/mol. The minimum atomic E-state index is -0.431. The molecule has 3 rings (SSSR count). The van der Waals surface area contributed by atoms with E-state index in [0.29, 0.717) is 0 Å². The normalized spacial score (nSPS) is 11.6. The molecule has 2 aromatic heterocycles. The number of amides is 2. The van der Waals surface area contributed by atoms with Crippen molar-refractivity contribution >= 4 is 29.0 Å². The lowest BCUT2D eigenvalue weighted by molar-refractivity contribution is -0.114. The van der Waals surface area contributed by atoms with E-state index < -0.39 is 6.04 Å². The van der Waals surface area contributed by atoms with Crippen molar-refractivity contribution in [1.29, 1.82) is 0 Å². The van der Waals surface area contributed by atoms with Gasteiger partial charge in [-0.25, -0.2) is 4.98 Å². The minimum Gasteiger partial charge on any atom is -0.508 e. The van der Waals surface area contributed by atoms with E-state index in [4.69, 9.17) is 0 Å². The number of aromatic nitrogens is 1. The van der Waals surface area contributed by atoms with Gasteiger partial charge in [-0.2, -0.15) is 0 Å². The largest absolute Gasteiger partial charge is 0.508 e. The maximum atomic E-state index is 12.9. The Morgan fingerprint density at radius 1 is 1.15 bits per heavy atom. The van der Waals surface area contributed by atoms with Gasteiger partial charge in [0.15, 0.2) is 0 Å². The number of hydrogen-bond donors (Lipinski definition) is 3. The second-order valence-corrected chi connectivity index (χ2v) is 6.58. The van der Waals surface area contributed by atoms with Crippen molar-refractivity contribution in [2.45, 2.75) is 13.0 Å². The van der Waals surface area contributed by atoms with E-state index in [1.165, 1.54) is 24.5 Å². The molecule has 1 unspecified atom stereocenters. The number of thiophene rings is 1. The van der Waals surface area contributed by atoms with Gasteiger partial charge in [-0.1, -0.05) is 18.2 Å². The molecule has 26 heavy (non-hydrogen) atoms. The maximum Gasteiger partial charge on any atom is 0.255 e. The molecule has 6 nitrogen and oxygen atoms in total. The van der Waals surface area contributed by atoms with Gasteiger partial charge in [0, 0.05) is 18.0 Å². The summed E-state index contributed by atoms with van der Waals surface area (Å²) in [5.41, 5.74) is 1.02. The first-order valence-corrected chi connectivity index (χ1v) is 8.78. The Morgan fingerprint density at radius 3 is 2.69 bits per heavy atom. The summed E-state index contributed by atoms with van der Waals surface area (Å²) in [5, 5.41) is 17.2. The van der Waals surface area contributed by atoms with Crippen LogP contribution in [0.5, 0.6) is 5.75 Å². The molecule has 0 aliphatic carbocycles. The van der Waals surface area contributed by atoms with Gasteiger partial charge in [0.05, 0.1) is 11.6 Å². The van der Waals surface area contributed by atoms with Crippen LogP contribution in [0, 0.1) is 0 Å². The first kappa shape index (κ1) is 17.6. The zero-order valence-electron chi connectivity index (χ0n) is 14.0. The molecule has 0 aliphatic rings. The summed E-state index contributed by atoms with van der Waals surface area (Å²) in [6.45, 7) is 1.36. The van der Waals surface area contributed by atoms with Crippen molar-refractivity contribution in [2.75, 3.05) is 5.32 Å². The van der Waals surface area contributed by atoms with Gasteiger partial charge in [0.1, 0.15) is 11.6 Å².